The van der Waals surface area contributed by atoms with E-state index in [0.717, 1.165) is 23.4 Å². The minimum Gasteiger partial charge on any atom is -0.389 e. The van der Waals surface area contributed by atoms with Gasteiger partial charge in [0.1, 0.15) is 0 Å². The molecular weight excluding hydrogens is 254 g/mol. The zero-order chi connectivity index (χ0) is 14.3. The predicted molar refractivity (Wildman–Crippen MR) is 76.6 cm³/mol. The van der Waals surface area contributed by atoms with Crippen LogP contribution in [0.25, 0.3) is 0 Å². The van der Waals surface area contributed by atoms with E-state index in [2.05, 4.69) is 21.2 Å². The third kappa shape index (κ3) is 2.00. The Morgan fingerprint density at radius 3 is 2.95 bits per heavy atom. The fraction of sp³-hybridized carbons (Fsp3) is 0.333. The second-order valence-corrected chi connectivity index (χ2v) is 5.23. The van der Waals surface area contributed by atoms with E-state index in [1.165, 1.54) is 5.56 Å². The highest BCUT2D eigenvalue weighted by molar-refractivity contribution is 5.56. The number of fused-ring (bicyclic) bond motifs is 1. The van der Waals surface area contributed by atoms with E-state index in [1.54, 1.807) is 20.0 Å². The first-order valence-electron chi connectivity index (χ1n) is 6.66. The smallest absolute Gasteiger partial charge is 0.269 e. The van der Waals surface area contributed by atoms with E-state index in [9.17, 15) is 9.90 Å². The Bertz CT molecular complexity index is 707. The number of aliphatic hydroxyl groups is 1. The molecule has 1 aromatic heterocycles. The lowest BCUT2D eigenvalue weighted by molar-refractivity contribution is 0.198. The van der Waals surface area contributed by atoms with Crippen molar-refractivity contribution in [2.45, 2.75) is 33.0 Å². The highest BCUT2D eigenvalue weighted by atomic mass is 16.3. The molecule has 5 nitrogen and oxygen atoms in total. The van der Waals surface area contributed by atoms with E-state index in [4.69, 9.17) is 0 Å². The van der Waals surface area contributed by atoms with Gasteiger partial charge in [0.15, 0.2) is 0 Å². The van der Waals surface area contributed by atoms with Crippen molar-refractivity contribution in [3.8, 4) is 0 Å². The van der Waals surface area contributed by atoms with Crippen LogP contribution in [0, 0.1) is 6.92 Å². The van der Waals surface area contributed by atoms with Crippen molar-refractivity contribution in [1.82, 2.24) is 10.2 Å². The van der Waals surface area contributed by atoms with Gasteiger partial charge in [-0.1, -0.05) is 18.2 Å². The van der Waals surface area contributed by atoms with Gasteiger partial charge in [0.2, 0.25) is 0 Å². The number of H-pyrrole nitrogens is 1. The molecule has 0 spiro atoms. The molecular formula is C15H17N3O2. The zero-order valence-corrected chi connectivity index (χ0v) is 11.6. The quantitative estimate of drug-likeness (QED) is 0.871. The normalized spacial score (nSPS) is 15.2. The van der Waals surface area contributed by atoms with Gasteiger partial charge in [-0.05, 0) is 30.5 Å². The van der Waals surface area contributed by atoms with Crippen LogP contribution in [0.15, 0.2) is 29.2 Å². The number of hydrogen-bond acceptors (Lipinski definition) is 4. The molecule has 0 radical (unpaired) electrons. The molecule has 1 atom stereocenters. The maximum Gasteiger partial charge on any atom is 0.269 e. The SMILES string of the molecule is Cc1c(N2Cc3cccc(C(C)O)c3C2)cn[nH]c1=O. The number of anilines is 1. The number of nitrogens with zero attached hydrogens (tertiary/aromatic N) is 2. The molecule has 0 bridgehead atoms. The maximum absolute atomic E-state index is 11.7. The van der Waals surface area contributed by atoms with Gasteiger partial charge < -0.3 is 10.0 Å². The van der Waals surface area contributed by atoms with Crippen LogP contribution in [0.4, 0.5) is 5.69 Å². The van der Waals surface area contributed by atoms with E-state index in [1.807, 2.05) is 12.1 Å². The first-order valence-corrected chi connectivity index (χ1v) is 6.66. The lowest BCUT2D eigenvalue weighted by Crippen LogP contribution is -2.21. The minimum absolute atomic E-state index is 0.158. The topological polar surface area (TPSA) is 69.2 Å². The van der Waals surface area contributed by atoms with Gasteiger partial charge in [-0.3, -0.25) is 4.79 Å². The van der Waals surface area contributed by atoms with Crippen LogP contribution in [0.1, 0.15) is 35.3 Å². The third-order valence-electron chi connectivity index (χ3n) is 3.89. The monoisotopic (exact) mass is 271 g/mol. The molecule has 0 aliphatic carbocycles. The lowest BCUT2D eigenvalue weighted by atomic mass is 10.0. The molecule has 1 unspecified atom stereocenters. The van der Waals surface area contributed by atoms with Crippen molar-refractivity contribution < 1.29 is 5.11 Å². The Labute approximate surface area is 116 Å². The predicted octanol–water partition coefficient (Wildman–Crippen LogP) is 1.65. The summed E-state index contributed by atoms with van der Waals surface area (Å²) in [6.07, 6.45) is 1.20. The summed E-state index contributed by atoms with van der Waals surface area (Å²) < 4.78 is 0. The van der Waals surface area contributed by atoms with Gasteiger partial charge in [-0.25, -0.2) is 5.10 Å². The Balaban J connectivity index is 2.00. The molecule has 1 aliphatic heterocycles. The van der Waals surface area contributed by atoms with Gasteiger partial charge >= 0.3 is 0 Å². The van der Waals surface area contributed by atoms with E-state index in [-0.39, 0.29) is 5.56 Å². The fourth-order valence-electron chi connectivity index (χ4n) is 2.78. The molecule has 3 rings (SSSR count). The van der Waals surface area contributed by atoms with Crippen molar-refractivity contribution in [3.63, 3.8) is 0 Å². The van der Waals surface area contributed by atoms with Gasteiger partial charge in [0, 0.05) is 18.7 Å². The molecule has 2 heterocycles. The number of benzene rings is 1. The van der Waals surface area contributed by atoms with Crippen LogP contribution in [0.3, 0.4) is 0 Å². The van der Waals surface area contributed by atoms with Crippen molar-refractivity contribution in [2.75, 3.05) is 4.90 Å². The molecule has 5 heteroatoms. The van der Waals surface area contributed by atoms with Crippen LogP contribution >= 0.6 is 0 Å². The minimum atomic E-state index is -0.483. The van der Waals surface area contributed by atoms with Crippen molar-refractivity contribution in [2.24, 2.45) is 0 Å². The van der Waals surface area contributed by atoms with E-state index >= 15 is 0 Å². The summed E-state index contributed by atoms with van der Waals surface area (Å²) in [6.45, 7) is 5.01. The van der Waals surface area contributed by atoms with Gasteiger partial charge in [0.25, 0.3) is 5.56 Å². The highest BCUT2D eigenvalue weighted by Crippen LogP contribution is 2.32. The summed E-state index contributed by atoms with van der Waals surface area (Å²) in [5.41, 5.74) is 4.67. The number of aromatic amines is 1. The summed E-state index contributed by atoms with van der Waals surface area (Å²) in [5, 5.41) is 16.2. The highest BCUT2D eigenvalue weighted by Gasteiger charge is 2.24. The summed E-state index contributed by atoms with van der Waals surface area (Å²) in [6, 6.07) is 5.99. The van der Waals surface area contributed by atoms with Gasteiger partial charge in [0.05, 0.1) is 18.0 Å². The van der Waals surface area contributed by atoms with Crippen LogP contribution in [0.2, 0.25) is 0 Å². The zero-order valence-electron chi connectivity index (χ0n) is 11.6. The average molecular weight is 271 g/mol. The van der Waals surface area contributed by atoms with Crippen LogP contribution in [-0.4, -0.2) is 15.3 Å². The molecule has 0 saturated carbocycles. The molecule has 0 saturated heterocycles. The number of aliphatic hydroxyl groups excluding tert-OH is 1. The molecule has 104 valence electrons. The molecule has 0 amide bonds. The number of rotatable bonds is 2. The van der Waals surface area contributed by atoms with Crippen molar-refractivity contribution in [3.05, 3.63) is 57.0 Å². The molecule has 2 aromatic rings. The number of aromatic nitrogens is 2. The van der Waals surface area contributed by atoms with Crippen LogP contribution in [0.5, 0.6) is 0 Å². The first kappa shape index (κ1) is 12.9. The van der Waals surface area contributed by atoms with E-state index < -0.39 is 6.10 Å². The molecule has 20 heavy (non-hydrogen) atoms. The Morgan fingerprint density at radius 1 is 1.40 bits per heavy atom. The largest absolute Gasteiger partial charge is 0.389 e. The van der Waals surface area contributed by atoms with Crippen molar-refractivity contribution >= 4 is 5.69 Å². The molecule has 0 fully saturated rings. The number of hydrogen-bond donors (Lipinski definition) is 2. The van der Waals surface area contributed by atoms with Gasteiger partial charge in [-0.15, -0.1) is 0 Å². The van der Waals surface area contributed by atoms with Crippen LogP contribution < -0.4 is 10.5 Å². The Hall–Kier alpha value is -2.14. The summed E-state index contributed by atoms with van der Waals surface area (Å²) in [7, 11) is 0. The van der Waals surface area contributed by atoms with Crippen molar-refractivity contribution in [1.29, 1.82) is 0 Å². The average Bonchev–Trinajstić information content (AvgIpc) is 2.84. The second-order valence-electron chi connectivity index (χ2n) is 5.23. The van der Waals surface area contributed by atoms with E-state index in [0.29, 0.717) is 12.1 Å². The summed E-state index contributed by atoms with van der Waals surface area (Å²) >= 11 is 0. The first-order chi connectivity index (χ1) is 9.58. The summed E-state index contributed by atoms with van der Waals surface area (Å²) in [5.74, 6) is 0. The molecule has 2 N–H and O–H groups in total. The fourth-order valence-corrected chi connectivity index (χ4v) is 2.78. The molecule has 1 aromatic carbocycles. The van der Waals surface area contributed by atoms with Gasteiger partial charge in [-0.2, -0.15) is 5.10 Å². The summed E-state index contributed by atoms with van der Waals surface area (Å²) in [4.78, 5) is 13.8. The third-order valence-corrected chi connectivity index (χ3v) is 3.89. The molecule has 1 aliphatic rings. The maximum atomic E-state index is 11.7. The lowest BCUT2D eigenvalue weighted by Gasteiger charge is -2.19. The van der Waals surface area contributed by atoms with Crippen LogP contribution in [-0.2, 0) is 13.1 Å². The number of nitrogens with one attached hydrogen (secondary N) is 1. The standard InChI is InChI=1S/C15H17N3O2/c1-9-14(6-16-17-15(9)20)18-7-11-4-3-5-12(10(2)19)13(11)8-18/h3-6,10,19H,7-8H2,1-2H3,(H,17,20). The Kier molecular flexibility index (Phi) is 3.06. The second kappa shape index (κ2) is 4.76. The Morgan fingerprint density at radius 2 is 2.20 bits per heavy atom.